The SMILES string of the molecule is COC(=O)c1cncc(Cl)c1[N+](=O)[O-]. The predicted molar refractivity (Wildman–Crippen MR) is 47.2 cm³/mol. The highest BCUT2D eigenvalue weighted by molar-refractivity contribution is 6.33. The minimum atomic E-state index is -0.841. The van der Waals surface area contributed by atoms with E-state index in [9.17, 15) is 14.9 Å². The molecule has 0 saturated heterocycles. The molecule has 0 fully saturated rings. The van der Waals surface area contributed by atoms with Gasteiger partial charge in [-0.15, -0.1) is 0 Å². The molecule has 0 unspecified atom stereocenters. The molecule has 6 nitrogen and oxygen atoms in total. The zero-order chi connectivity index (χ0) is 10.7. The van der Waals surface area contributed by atoms with Crippen molar-refractivity contribution in [3.8, 4) is 0 Å². The fourth-order valence-electron chi connectivity index (χ4n) is 0.873. The zero-order valence-electron chi connectivity index (χ0n) is 7.06. The fourth-order valence-corrected chi connectivity index (χ4v) is 1.10. The van der Waals surface area contributed by atoms with Crippen molar-refractivity contribution in [1.29, 1.82) is 0 Å². The number of hydrogen-bond donors (Lipinski definition) is 0. The van der Waals surface area contributed by atoms with Crippen LogP contribution in [0.4, 0.5) is 5.69 Å². The molecule has 0 aliphatic heterocycles. The number of halogens is 1. The number of ether oxygens (including phenoxy) is 1. The van der Waals surface area contributed by atoms with Crippen LogP contribution in [-0.2, 0) is 4.74 Å². The van der Waals surface area contributed by atoms with E-state index >= 15 is 0 Å². The highest BCUT2D eigenvalue weighted by atomic mass is 35.5. The second-order valence-electron chi connectivity index (χ2n) is 2.27. The van der Waals surface area contributed by atoms with Crippen molar-refractivity contribution in [2.75, 3.05) is 7.11 Å². The summed E-state index contributed by atoms with van der Waals surface area (Å²) < 4.78 is 4.34. The van der Waals surface area contributed by atoms with Crippen LogP contribution in [-0.4, -0.2) is 23.0 Å². The van der Waals surface area contributed by atoms with Gasteiger partial charge in [-0.05, 0) is 0 Å². The Balaban J connectivity index is 3.35. The molecule has 0 N–H and O–H groups in total. The van der Waals surface area contributed by atoms with Crippen LogP contribution in [0.15, 0.2) is 12.4 Å². The van der Waals surface area contributed by atoms with Crippen molar-refractivity contribution in [2.45, 2.75) is 0 Å². The molecule has 14 heavy (non-hydrogen) atoms. The van der Waals surface area contributed by atoms with Gasteiger partial charge in [-0.1, -0.05) is 11.6 Å². The van der Waals surface area contributed by atoms with E-state index in [-0.39, 0.29) is 10.6 Å². The fraction of sp³-hybridized carbons (Fsp3) is 0.143. The van der Waals surface area contributed by atoms with Crippen LogP contribution in [0.3, 0.4) is 0 Å². The molecule has 0 spiro atoms. The lowest BCUT2D eigenvalue weighted by Crippen LogP contribution is -2.06. The molecule has 0 aromatic carbocycles. The minimum absolute atomic E-state index is 0.196. The number of pyridine rings is 1. The van der Waals surface area contributed by atoms with Gasteiger partial charge in [0, 0.05) is 6.20 Å². The van der Waals surface area contributed by atoms with Crippen LogP contribution in [0.25, 0.3) is 0 Å². The number of carbonyl (C=O) groups is 1. The van der Waals surface area contributed by atoms with Gasteiger partial charge >= 0.3 is 11.7 Å². The first-order valence-corrected chi connectivity index (χ1v) is 3.82. The first-order valence-electron chi connectivity index (χ1n) is 3.44. The van der Waals surface area contributed by atoms with Crippen LogP contribution in [0.1, 0.15) is 10.4 Å². The van der Waals surface area contributed by atoms with E-state index in [0.717, 1.165) is 19.5 Å². The van der Waals surface area contributed by atoms with Crippen molar-refractivity contribution in [3.05, 3.63) is 33.1 Å². The molecule has 1 heterocycles. The Morgan fingerprint density at radius 1 is 1.64 bits per heavy atom. The maximum atomic E-state index is 11.1. The Bertz CT molecular complexity index is 393. The average Bonchev–Trinajstić information content (AvgIpc) is 2.15. The molecule has 0 aliphatic rings. The first-order chi connectivity index (χ1) is 6.57. The summed E-state index contributed by atoms with van der Waals surface area (Å²) in [5.41, 5.74) is -0.751. The van der Waals surface area contributed by atoms with Crippen molar-refractivity contribution in [3.63, 3.8) is 0 Å². The largest absolute Gasteiger partial charge is 0.465 e. The van der Waals surface area contributed by atoms with Crippen LogP contribution < -0.4 is 0 Å². The van der Waals surface area contributed by atoms with E-state index in [1.165, 1.54) is 0 Å². The molecule has 0 bridgehead atoms. The Morgan fingerprint density at radius 3 is 2.79 bits per heavy atom. The summed E-state index contributed by atoms with van der Waals surface area (Å²) in [6, 6.07) is 0. The smallest absolute Gasteiger partial charge is 0.346 e. The summed E-state index contributed by atoms with van der Waals surface area (Å²) in [5, 5.41) is 10.4. The monoisotopic (exact) mass is 216 g/mol. The van der Waals surface area contributed by atoms with E-state index in [2.05, 4.69) is 9.72 Å². The highest BCUT2D eigenvalue weighted by Crippen LogP contribution is 2.27. The van der Waals surface area contributed by atoms with E-state index in [4.69, 9.17) is 11.6 Å². The van der Waals surface area contributed by atoms with Crippen molar-refractivity contribution in [2.24, 2.45) is 0 Å². The Labute approximate surface area is 83.6 Å². The lowest BCUT2D eigenvalue weighted by molar-refractivity contribution is -0.385. The van der Waals surface area contributed by atoms with Gasteiger partial charge in [0.2, 0.25) is 0 Å². The first kappa shape index (κ1) is 10.4. The summed E-state index contributed by atoms with van der Waals surface area (Å²) in [5.74, 6) is -0.841. The molecular formula is C7H5ClN2O4. The van der Waals surface area contributed by atoms with Crippen molar-refractivity contribution in [1.82, 2.24) is 4.98 Å². The Kier molecular flexibility index (Phi) is 2.98. The van der Waals surface area contributed by atoms with Crippen molar-refractivity contribution < 1.29 is 14.5 Å². The van der Waals surface area contributed by atoms with Crippen LogP contribution in [0.5, 0.6) is 0 Å². The van der Waals surface area contributed by atoms with E-state index in [1.54, 1.807) is 0 Å². The van der Waals surface area contributed by atoms with E-state index in [1.807, 2.05) is 0 Å². The van der Waals surface area contributed by atoms with Gasteiger partial charge in [-0.25, -0.2) is 4.79 Å². The standard InChI is InChI=1S/C7H5ClN2O4/c1-14-7(11)4-2-9-3-5(8)6(4)10(12)13/h2-3H,1H3. The Hall–Kier alpha value is -1.69. The molecule has 0 atom stereocenters. The van der Waals surface area contributed by atoms with Gasteiger partial charge < -0.3 is 4.74 Å². The van der Waals surface area contributed by atoms with Crippen LogP contribution in [0.2, 0.25) is 5.02 Å². The molecule has 0 amide bonds. The van der Waals surface area contributed by atoms with Gasteiger partial charge in [0.05, 0.1) is 18.2 Å². The summed E-state index contributed by atoms with van der Waals surface area (Å²) in [6.45, 7) is 0. The second-order valence-corrected chi connectivity index (χ2v) is 2.67. The number of nitrogens with zero attached hydrogens (tertiary/aromatic N) is 2. The molecule has 0 radical (unpaired) electrons. The second kappa shape index (κ2) is 4.01. The molecule has 1 aromatic heterocycles. The van der Waals surface area contributed by atoms with Gasteiger partial charge in [-0.2, -0.15) is 0 Å². The van der Waals surface area contributed by atoms with Crippen molar-refractivity contribution >= 4 is 23.3 Å². The average molecular weight is 217 g/mol. The minimum Gasteiger partial charge on any atom is -0.465 e. The van der Waals surface area contributed by atoms with E-state index < -0.39 is 16.6 Å². The van der Waals surface area contributed by atoms with Crippen LogP contribution in [0, 0.1) is 10.1 Å². The molecule has 0 aliphatic carbocycles. The summed E-state index contributed by atoms with van der Waals surface area (Å²) in [7, 11) is 1.12. The van der Waals surface area contributed by atoms with Gasteiger partial charge in [0.25, 0.3) is 0 Å². The van der Waals surface area contributed by atoms with Gasteiger partial charge in [0.1, 0.15) is 5.02 Å². The molecular weight excluding hydrogens is 212 g/mol. The number of esters is 1. The third-order valence-corrected chi connectivity index (χ3v) is 1.74. The lowest BCUT2D eigenvalue weighted by atomic mass is 10.2. The Morgan fingerprint density at radius 2 is 2.29 bits per heavy atom. The van der Waals surface area contributed by atoms with E-state index in [0.29, 0.717) is 0 Å². The number of rotatable bonds is 2. The predicted octanol–water partition coefficient (Wildman–Crippen LogP) is 1.43. The zero-order valence-corrected chi connectivity index (χ0v) is 7.82. The lowest BCUT2D eigenvalue weighted by Gasteiger charge is -2.00. The molecule has 1 rings (SSSR count). The van der Waals surface area contributed by atoms with Gasteiger partial charge in [-0.3, -0.25) is 15.1 Å². The molecule has 1 aromatic rings. The maximum Gasteiger partial charge on any atom is 0.346 e. The molecule has 0 saturated carbocycles. The summed E-state index contributed by atoms with van der Waals surface area (Å²) in [6.07, 6.45) is 2.13. The number of aromatic nitrogens is 1. The number of carbonyl (C=O) groups excluding carboxylic acids is 1. The number of nitro groups is 1. The van der Waals surface area contributed by atoms with Gasteiger partial charge in [0.15, 0.2) is 5.56 Å². The normalized spacial score (nSPS) is 9.57. The third-order valence-electron chi connectivity index (χ3n) is 1.46. The number of hydrogen-bond acceptors (Lipinski definition) is 5. The molecule has 74 valence electrons. The third kappa shape index (κ3) is 1.80. The molecule has 7 heteroatoms. The maximum absolute atomic E-state index is 11.1. The highest BCUT2D eigenvalue weighted by Gasteiger charge is 2.24. The number of methoxy groups -OCH3 is 1. The topological polar surface area (TPSA) is 82.3 Å². The quantitative estimate of drug-likeness (QED) is 0.424. The summed E-state index contributed by atoms with van der Waals surface area (Å²) >= 11 is 5.51. The van der Waals surface area contributed by atoms with Crippen LogP contribution >= 0.6 is 11.6 Å². The summed E-state index contributed by atoms with van der Waals surface area (Å²) in [4.78, 5) is 24.4.